The summed E-state index contributed by atoms with van der Waals surface area (Å²) in [4.78, 5) is 28.6. The van der Waals surface area contributed by atoms with E-state index in [0.29, 0.717) is 32.6 Å². The number of benzene rings is 2. The maximum Gasteiger partial charge on any atom is 0.220 e. The fourth-order valence-corrected chi connectivity index (χ4v) is 5.62. The number of nitrogens with one attached hydrogen (secondary N) is 3. The number of carbonyl (C=O) groups excluding carboxylic acids is 2. The molecule has 3 atom stereocenters. The second kappa shape index (κ2) is 12.6. The van der Waals surface area contributed by atoms with Crippen LogP contribution in [0.25, 0.3) is 16.9 Å². The Balaban J connectivity index is 1.09. The minimum Gasteiger partial charge on any atom is -0.491 e. The van der Waals surface area contributed by atoms with Crippen molar-refractivity contribution in [2.45, 2.75) is 58.1 Å². The Labute approximate surface area is 235 Å². The van der Waals surface area contributed by atoms with E-state index in [1.165, 1.54) is 5.56 Å². The fourth-order valence-electron chi connectivity index (χ4n) is 5.62. The highest BCUT2D eigenvalue weighted by Crippen LogP contribution is 2.33. The number of imidazole rings is 1. The van der Waals surface area contributed by atoms with Crippen LogP contribution in [0, 0.1) is 19.8 Å². The molecule has 0 radical (unpaired) electrons. The zero-order valence-electron chi connectivity index (χ0n) is 23.5. The van der Waals surface area contributed by atoms with Crippen LogP contribution in [0.15, 0.2) is 48.9 Å². The van der Waals surface area contributed by atoms with Crippen LogP contribution in [0.1, 0.15) is 43.2 Å². The predicted molar refractivity (Wildman–Crippen MR) is 155 cm³/mol. The maximum absolute atomic E-state index is 12.4. The van der Waals surface area contributed by atoms with Gasteiger partial charge in [-0.25, -0.2) is 4.98 Å². The largest absolute Gasteiger partial charge is 0.491 e. The molecule has 0 unspecified atom stereocenters. The Morgan fingerprint density at radius 3 is 2.85 bits per heavy atom. The molecule has 0 aliphatic carbocycles. The number of carbonyl (C=O) groups is 2. The number of hydrogen-bond donors (Lipinski definition) is 3. The molecular formula is C31H39N5O4. The van der Waals surface area contributed by atoms with Gasteiger partial charge < -0.3 is 30.0 Å². The van der Waals surface area contributed by atoms with Crippen molar-refractivity contribution in [2.75, 3.05) is 32.1 Å². The number of ether oxygens (including phenoxy) is 2. The quantitative estimate of drug-likeness (QED) is 0.295. The second-order valence-electron chi connectivity index (χ2n) is 10.8. The van der Waals surface area contributed by atoms with E-state index in [4.69, 9.17) is 9.47 Å². The Morgan fingerprint density at radius 2 is 2.00 bits per heavy atom. The summed E-state index contributed by atoms with van der Waals surface area (Å²) >= 11 is 0. The number of unbranched alkanes of at least 4 members (excludes halogenated alkanes) is 1. The van der Waals surface area contributed by atoms with E-state index in [0.717, 1.165) is 53.2 Å². The molecule has 3 heterocycles. The Hall–Kier alpha value is -3.85. The van der Waals surface area contributed by atoms with Gasteiger partial charge in [0.15, 0.2) is 0 Å². The van der Waals surface area contributed by atoms with Crippen LogP contribution < -0.4 is 20.7 Å². The molecule has 0 bridgehead atoms. The maximum atomic E-state index is 12.4. The lowest BCUT2D eigenvalue weighted by Crippen LogP contribution is -2.29. The molecule has 2 aliphatic rings. The molecule has 2 saturated heterocycles. The first-order chi connectivity index (χ1) is 19.4. The van der Waals surface area contributed by atoms with Crippen LogP contribution in [-0.2, 0) is 14.3 Å². The van der Waals surface area contributed by atoms with Crippen molar-refractivity contribution < 1.29 is 19.1 Å². The number of amides is 2. The van der Waals surface area contributed by atoms with E-state index < -0.39 is 0 Å². The molecule has 212 valence electrons. The summed E-state index contributed by atoms with van der Waals surface area (Å²) < 4.78 is 14.0. The number of aryl methyl sites for hydroxylation is 2. The van der Waals surface area contributed by atoms with E-state index in [-0.39, 0.29) is 29.9 Å². The van der Waals surface area contributed by atoms with Crippen molar-refractivity contribution >= 4 is 17.5 Å². The molecule has 9 heteroatoms. The zero-order chi connectivity index (χ0) is 28.1. The summed E-state index contributed by atoms with van der Waals surface area (Å²) in [6, 6.07) is 12.5. The zero-order valence-corrected chi connectivity index (χ0v) is 23.5. The van der Waals surface area contributed by atoms with Crippen LogP contribution >= 0.6 is 0 Å². The molecule has 9 nitrogen and oxygen atoms in total. The van der Waals surface area contributed by atoms with Gasteiger partial charge in [0.05, 0.1) is 48.7 Å². The van der Waals surface area contributed by atoms with Crippen molar-refractivity contribution in [1.29, 1.82) is 0 Å². The van der Waals surface area contributed by atoms with Crippen LogP contribution in [0.2, 0.25) is 0 Å². The Morgan fingerprint density at radius 1 is 1.18 bits per heavy atom. The van der Waals surface area contributed by atoms with Crippen molar-refractivity contribution in [2.24, 2.45) is 5.92 Å². The number of nitrogens with zero attached hydrogens (tertiary/aromatic N) is 2. The third-order valence-corrected chi connectivity index (χ3v) is 7.77. The number of fused-ring (bicyclic) bond motifs is 1. The number of rotatable bonds is 12. The topological polar surface area (TPSA) is 107 Å². The van der Waals surface area contributed by atoms with Crippen molar-refractivity contribution in [3.63, 3.8) is 0 Å². The molecule has 1 aromatic heterocycles. The summed E-state index contributed by atoms with van der Waals surface area (Å²) in [6.07, 6.45) is 7.57. The summed E-state index contributed by atoms with van der Waals surface area (Å²) in [5, 5.41) is 9.19. The molecule has 3 N–H and O–H groups in total. The first-order valence-corrected chi connectivity index (χ1v) is 14.2. The molecule has 2 aromatic carbocycles. The van der Waals surface area contributed by atoms with Gasteiger partial charge in [-0.05, 0) is 62.1 Å². The van der Waals surface area contributed by atoms with Crippen LogP contribution in [0.3, 0.4) is 0 Å². The van der Waals surface area contributed by atoms with Crippen molar-refractivity contribution in [3.05, 3.63) is 60.0 Å². The summed E-state index contributed by atoms with van der Waals surface area (Å²) in [5.74, 6) is 1.18. The highest BCUT2D eigenvalue weighted by Gasteiger charge is 2.43. The third kappa shape index (κ3) is 6.47. The summed E-state index contributed by atoms with van der Waals surface area (Å²) in [7, 11) is 1.91. The number of anilines is 1. The van der Waals surface area contributed by atoms with Gasteiger partial charge in [0.2, 0.25) is 11.8 Å². The van der Waals surface area contributed by atoms with E-state index in [1.54, 1.807) is 0 Å². The first-order valence-electron chi connectivity index (χ1n) is 14.2. The van der Waals surface area contributed by atoms with Crippen molar-refractivity contribution in [1.82, 2.24) is 20.2 Å². The van der Waals surface area contributed by atoms with Gasteiger partial charge in [0.25, 0.3) is 0 Å². The van der Waals surface area contributed by atoms with E-state index in [9.17, 15) is 9.59 Å². The lowest BCUT2D eigenvalue weighted by Gasteiger charge is -2.15. The summed E-state index contributed by atoms with van der Waals surface area (Å²) in [6.45, 7) is 5.50. The fraction of sp³-hybridized carbons (Fsp3) is 0.452. The molecule has 2 amide bonds. The molecule has 0 spiro atoms. The van der Waals surface area contributed by atoms with Crippen LogP contribution in [-0.4, -0.2) is 60.3 Å². The van der Waals surface area contributed by atoms with Gasteiger partial charge in [-0.15, -0.1) is 0 Å². The average molecular weight is 546 g/mol. The van der Waals surface area contributed by atoms with E-state index in [2.05, 4.69) is 46.1 Å². The Kier molecular flexibility index (Phi) is 8.69. The standard InChI is InChI=1S/C31H39N5O4/c1-20-9-11-24(32-3)27(14-20)36-17-25(34-19-36)22-10-8-21(2)15-29(22)39-13-12-33-30(37)7-5-4-6-28-23-16-31(38)35-26(23)18-40-28/h8-11,14-15,17,19,23,26,28,32H,4-7,12-13,16,18H2,1-3H3,(H,33,37)(H,35,38)/t23-,26-,28-/m0/s1. The van der Waals surface area contributed by atoms with Crippen molar-refractivity contribution in [3.8, 4) is 22.7 Å². The minimum atomic E-state index is 0.0215. The molecule has 3 aromatic rings. The van der Waals surface area contributed by atoms with Crippen LogP contribution in [0.5, 0.6) is 5.75 Å². The molecule has 40 heavy (non-hydrogen) atoms. The molecule has 2 fully saturated rings. The smallest absolute Gasteiger partial charge is 0.220 e. The molecule has 5 rings (SSSR count). The molecule has 2 aliphatic heterocycles. The van der Waals surface area contributed by atoms with Gasteiger partial charge >= 0.3 is 0 Å². The van der Waals surface area contributed by atoms with E-state index >= 15 is 0 Å². The van der Waals surface area contributed by atoms with Gasteiger partial charge in [-0.3, -0.25) is 9.59 Å². The predicted octanol–water partition coefficient (Wildman–Crippen LogP) is 4.16. The SMILES string of the molecule is CNc1ccc(C)cc1-n1cnc(-c2ccc(C)cc2OCCNC(=O)CCCC[C@@H]2OC[C@@H]3NC(=O)C[C@@H]32)c1. The summed E-state index contributed by atoms with van der Waals surface area (Å²) in [5.41, 5.74) is 6.04. The lowest BCUT2D eigenvalue weighted by atomic mass is 9.93. The highest BCUT2D eigenvalue weighted by molar-refractivity contribution is 5.79. The third-order valence-electron chi connectivity index (χ3n) is 7.77. The molecule has 0 saturated carbocycles. The highest BCUT2D eigenvalue weighted by atomic mass is 16.5. The normalized spacial score (nSPS) is 19.8. The Bertz CT molecular complexity index is 1350. The monoisotopic (exact) mass is 545 g/mol. The lowest BCUT2D eigenvalue weighted by molar-refractivity contribution is -0.121. The second-order valence-corrected chi connectivity index (χ2v) is 10.8. The number of aromatic nitrogens is 2. The minimum absolute atomic E-state index is 0.0215. The van der Waals surface area contributed by atoms with Gasteiger partial charge in [-0.2, -0.15) is 0 Å². The van der Waals surface area contributed by atoms with Gasteiger partial charge in [0, 0.05) is 37.6 Å². The van der Waals surface area contributed by atoms with E-state index in [1.807, 2.05) is 49.3 Å². The first kappa shape index (κ1) is 27.7. The number of hydrogen-bond acceptors (Lipinski definition) is 6. The molecular weight excluding hydrogens is 506 g/mol. The average Bonchev–Trinajstić information content (AvgIpc) is 3.66. The van der Waals surface area contributed by atoms with Gasteiger partial charge in [-0.1, -0.05) is 18.6 Å². The van der Waals surface area contributed by atoms with Gasteiger partial charge in [0.1, 0.15) is 12.4 Å². The van der Waals surface area contributed by atoms with Crippen LogP contribution in [0.4, 0.5) is 5.69 Å².